The largest absolute Gasteiger partial charge is 0.449 e. The zero-order valence-corrected chi connectivity index (χ0v) is 15.0. The summed E-state index contributed by atoms with van der Waals surface area (Å²) in [6.07, 6.45) is -1.01. The van der Waals surface area contributed by atoms with Gasteiger partial charge in [0.2, 0.25) is 0 Å². The summed E-state index contributed by atoms with van der Waals surface area (Å²) < 4.78 is 5.24. The predicted octanol–water partition coefficient (Wildman–Crippen LogP) is 3.94. The highest BCUT2D eigenvalue weighted by atomic mass is 35.5. The van der Waals surface area contributed by atoms with Gasteiger partial charge in [-0.2, -0.15) is 5.26 Å². The van der Waals surface area contributed by atoms with Crippen LogP contribution in [0.5, 0.6) is 0 Å². The van der Waals surface area contributed by atoms with Gasteiger partial charge < -0.3 is 10.1 Å². The Balaban J connectivity index is 1.68. The highest BCUT2D eigenvalue weighted by molar-refractivity contribution is 6.29. The molecule has 0 aliphatic rings. The Morgan fingerprint density at radius 2 is 2.00 bits per heavy atom. The first-order chi connectivity index (χ1) is 13.0. The second kappa shape index (κ2) is 7.85. The molecule has 3 aromatic rings. The van der Waals surface area contributed by atoms with E-state index in [1.54, 1.807) is 48.5 Å². The molecule has 0 aliphatic heterocycles. The number of benzene rings is 2. The van der Waals surface area contributed by atoms with E-state index >= 15 is 0 Å². The van der Waals surface area contributed by atoms with Gasteiger partial charge in [0.15, 0.2) is 6.10 Å². The lowest BCUT2D eigenvalue weighted by molar-refractivity contribution is -0.123. The Kier molecular flexibility index (Phi) is 5.34. The number of aromatic nitrogens is 1. The number of halogens is 1. The average Bonchev–Trinajstić information content (AvgIpc) is 2.67. The maximum atomic E-state index is 12.3. The zero-order valence-electron chi connectivity index (χ0n) is 14.3. The van der Waals surface area contributed by atoms with Gasteiger partial charge in [-0.05, 0) is 55.5 Å². The molecule has 1 heterocycles. The Hall–Kier alpha value is -3.43. The number of hydrogen-bond acceptors (Lipinski definition) is 5. The van der Waals surface area contributed by atoms with E-state index in [-0.39, 0.29) is 0 Å². The van der Waals surface area contributed by atoms with E-state index in [1.807, 2.05) is 6.07 Å². The molecule has 134 valence electrons. The van der Waals surface area contributed by atoms with Crippen molar-refractivity contribution < 1.29 is 14.3 Å². The molecule has 0 saturated carbocycles. The third-order valence-electron chi connectivity index (χ3n) is 3.80. The molecule has 1 atom stereocenters. The minimum atomic E-state index is -1.01. The molecule has 1 aromatic heterocycles. The van der Waals surface area contributed by atoms with Crippen molar-refractivity contribution in [1.82, 2.24) is 4.98 Å². The van der Waals surface area contributed by atoms with E-state index in [0.29, 0.717) is 27.5 Å². The van der Waals surface area contributed by atoms with Gasteiger partial charge in [0.1, 0.15) is 5.15 Å². The minimum absolute atomic E-state index is 0.303. The van der Waals surface area contributed by atoms with Crippen LogP contribution < -0.4 is 5.32 Å². The summed E-state index contributed by atoms with van der Waals surface area (Å²) in [6.45, 7) is 1.48. The predicted molar refractivity (Wildman–Crippen MR) is 101 cm³/mol. The third kappa shape index (κ3) is 4.40. The zero-order chi connectivity index (χ0) is 19.4. The fourth-order valence-corrected chi connectivity index (χ4v) is 2.57. The molecule has 0 radical (unpaired) electrons. The molecule has 0 fully saturated rings. The number of ether oxygens (including phenoxy) is 1. The Labute approximate surface area is 160 Å². The first-order valence-corrected chi connectivity index (χ1v) is 8.42. The summed E-state index contributed by atoms with van der Waals surface area (Å²) in [5, 5.41) is 12.6. The van der Waals surface area contributed by atoms with E-state index < -0.39 is 18.0 Å². The summed E-state index contributed by atoms with van der Waals surface area (Å²) in [5.41, 5.74) is 1.83. The maximum Gasteiger partial charge on any atom is 0.338 e. The number of nitriles is 1. The standard InChI is InChI=1S/C20H14ClN3O3/c1-12(19(25)23-16-4-2-3-13(9-16)11-22)27-20(26)15-5-7-17-14(10-15)6-8-18(21)24-17/h2-10,12H,1H3,(H,23,25). The van der Waals surface area contributed by atoms with E-state index in [1.165, 1.54) is 13.0 Å². The van der Waals surface area contributed by atoms with Crippen molar-refractivity contribution in [2.24, 2.45) is 0 Å². The normalized spacial score (nSPS) is 11.4. The van der Waals surface area contributed by atoms with Crippen molar-refractivity contribution in [2.75, 3.05) is 5.32 Å². The summed E-state index contributed by atoms with van der Waals surface area (Å²) in [5.74, 6) is -1.12. The van der Waals surface area contributed by atoms with Crippen molar-refractivity contribution in [1.29, 1.82) is 5.26 Å². The topological polar surface area (TPSA) is 92.1 Å². The lowest BCUT2D eigenvalue weighted by Gasteiger charge is -2.14. The number of esters is 1. The van der Waals surface area contributed by atoms with Crippen LogP contribution in [0.25, 0.3) is 10.9 Å². The molecule has 0 aliphatic carbocycles. The van der Waals surface area contributed by atoms with E-state index in [0.717, 1.165) is 5.39 Å². The molecule has 0 spiro atoms. The molecule has 0 saturated heterocycles. The number of rotatable bonds is 4. The third-order valence-corrected chi connectivity index (χ3v) is 4.01. The van der Waals surface area contributed by atoms with Crippen LogP contribution in [0.1, 0.15) is 22.8 Å². The van der Waals surface area contributed by atoms with Crippen LogP contribution in [0.15, 0.2) is 54.6 Å². The number of nitrogens with one attached hydrogen (secondary N) is 1. The van der Waals surface area contributed by atoms with Crippen LogP contribution >= 0.6 is 11.6 Å². The molecule has 1 amide bonds. The van der Waals surface area contributed by atoms with E-state index in [2.05, 4.69) is 10.3 Å². The second-order valence-electron chi connectivity index (χ2n) is 5.77. The van der Waals surface area contributed by atoms with Crippen LogP contribution in [0.2, 0.25) is 5.15 Å². The van der Waals surface area contributed by atoms with Gasteiger partial charge in [-0.1, -0.05) is 17.7 Å². The fourth-order valence-electron chi connectivity index (χ4n) is 2.42. The van der Waals surface area contributed by atoms with Crippen LogP contribution in [0.4, 0.5) is 5.69 Å². The summed E-state index contributed by atoms with van der Waals surface area (Å²) in [7, 11) is 0. The van der Waals surface area contributed by atoms with Gasteiger partial charge in [0, 0.05) is 11.1 Å². The van der Waals surface area contributed by atoms with Crippen molar-refractivity contribution >= 4 is 40.1 Å². The van der Waals surface area contributed by atoms with Gasteiger partial charge in [-0.3, -0.25) is 4.79 Å². The number of nitrogens with zero attached hydrogens (tertiary/aromatic N) is 2. The van der Waals surface area contributed by atoms with Gasteiger partial charge >= 0.3 is 5.97 Å². The van der Waals surface area contributed by atoms with Crippen molar-refractivity contribution in [3.63, 3.8) is 0 Å². The van der Waals surface area contributed by atoms with Crippen LogP contribution in [0.3, 0.4) is 0 Å². The van der Waals surface area contributed by atoms with Crippen LogP contribution in [-0.4, -0.2) is 23.0 Å². The quantitative estimate of drug-likeness (QED) is 0.547. The minimum Gasteiger partial charge on any atom is -0.449 e. The lowest BCUT2D eigenvalue weighted by Crippen LogP contribution is -2.30. The average molecular weight is 380 g/mol. The van der Waals surface area contributed by atoms with Crippen LogP contribution in [-0.2, 0) is 9.53 Å². The highest BCUT2D eigenvalue weighted by Gasteiger charge is 2.19. The second-order valence-corrected chi connectivity index (χ2v) is 6.16. The Bertz CT molecular complexity index is 1080. The van der Waals surface area contributed by atoms with Gasteiger partial charge in [0.25, 0.3) is 5.91 Å². The molecule has 1 unspecified atom stereocenters. The van der Waals surface area contributed by atoms with Crippen molar-refractivity contribution in [2.45, 2.75) is 13.0 Å². The molecule has 6 nitrogen and oxygen atoms in total. The fraction of sp³-hybridized carbons (Fsp3) is 0.100. The van der Waals surface area contributed by atoms with E-state index in [4.69, 9.17) is 21.6 Å². The summed E-state index contributed by atoms with van der Waals surface area (Å²) in [6, 6.07) is 16.7. The lowest BCUT2D eigenvalue weighted by atomic mass is 10.1. The SMILES string of the molecule is CC(OC(=O)c1ccc2nc(Cl)ccc2c1)C(=O)Nc1cccc(C#N)c1. The van der Waals surface area contributed by atoms with Crippen molar-refractivity contribution in [3.8, 4) is 6.07 Å². The summed E-state index contributed by atoms with van der Waals surface area (Å²) >= 11 is 5.85. The first-order valence-electron chi connectivity index (χ1n) is 8.04. The molecule has 27 heavy (non-hydrogen) atoms. The summed E-state index contributed by atoms with van der Waals surface area (Å²) in [4.78, 5) is 28.7. The van der Waals surface area contributed by atoms with Crippen molar-refractivity contribution in [3.05, 3.63) is 70.9 Å². The number of amides is 1. The smallest absolute Gasteiger partial charge is 0.338 e. The number of fused-ring (bicyclic) bond motifs is 1. The molecule has 1 N–H and O–H groups in total. The number of anilines is 1. The maximum absolute atomic E-state index is 12.3. The first kappa shape index (κ1) is 18.4. The highest BCUT2D eigenvalue weighted by Crippen LogP contribution is 2.18. The number of hydrogen-bond donors (Lipinski definition) is 1. The molecule has 7 heteroatoms. The molecular weight excluding hydrogens is 366 g/mol. The van der Waals surface area contributed by atoms with Gasteiger partial charge in [-0.25, -0.2) is 9.78 Å². The molecule has 0 bridgehead atoms. The van der Waals surface area contributed by atoms with Gasteiger partial charge in [0.05, 0.1) is 22.7 Å². The number of carbonyl (C=O) groups is 2. The van der Waals surface area contributed by atoms with Gasteiger partial charge in [-0.15, -0.1) is 0 Å². The van der Waals surface area contributed by atoms with Crippen LogP contribution in [0, 0.1) is 11.3 Å². The number of pyridine rings is 1. The molecule has 2 aromatic carbocycles. The monoisotopic (exact) mass is 379 g/mol. The van der Waals surface area contributed by atoms with E-state index in [9.17, 15) is 9.59 Å². The Morgan fingerprint density at radius 1 is 1.19 bits per heavy atom. The number of carbonyl (C=O) groups excluding carboxylic acids is 2. The molecular formula is C20H14ClN3O3. The Morgan fingerprint density at radius 3 is 2.78 bits per heavy atom. The molecule has 3 rings (SSSR count).